The summed E-state index contributed by atoms with van der Waals surface area (Å²) in [5.41, 5.74) is 0.912. The molecular weight excluding hydrogens is 424 g/mol. The molecule has 8 nitrogen and oxygen atoms in total. The van der Waals surface area contributed by atoms with E-state index in [0.717, 1.165) is 5.69 Å². The van der Waals surface area contributed by atoms with Gasteiger partial charge in [-0.15, -0.1) is 10.2 Å². The van der Waals surface area contributed by atoms with Gasteiger partial charge in [-0.3, -0.25) is 0 Å². The summed E-state index contributed by atoms with van der Waals surface area (Å²) in [6.45, 7) is 3.71. The Bertz CT molecular complexity index is 1130. The van der Waals surface area contributed by atoms with Crippen LogP contribution in [0.1, 0.15) is 5.69 Å². The number of rotatable bonds is 5. The standard InChI is InChI=1S/C20H21ClN6O2S/c1-15-4-2-7-18(22-15)23-19-8-9-20(25-24-19)26-10-12-27(13-11-26)30(28,29)17-6-3-5-16(21)14-17/h2-9,14H,10-13H2,1H3,(H,22,23,24). The second kappa shape index (κ2) is 8.55. The fourth-order valence-corrected chi connectivity index (χ4v) is 4.96. The van der Waals surface area contributed by atoms with Crippen LogP contribution in [0, 0.1) is 6.92 Å². The van der Waals surface area contributed by atoms with Crippen LogP contribution in [0.4, 0.5) is 17.5 Å². The van der Waals surface area contributed by atoms with Crippen LogP contribution < -0.4 is 10.2 Å². The van der Waals surface area contributed by atoms with Crippen molar-refractivity contribution in [3.63, 3.8) is 0 Å². The lowest BCUT2D eigenvalue weighted by molar-refractivity contribution is 0.383. The lowest BCUT2D eigenvalue weighted by Crippen LogP contribution is -2.49. The third-order valence-corrected chi connectivity index (χ3v) is 6.92. The third-order valence-electron chi connectivity index (χ3n) is 4.79. The maximum atomic E-state index is 12.8. The molecule has 0 unspecified atom stereocenters. The van der Waals surface area contributed by atoms with Gasteiger partial charge in [-0.25, -0.2) is 13.4 Å². The number of halogens is 1. The number of pyridine rings is 1. The van der Waals surface area contributed by atoms with E-state index in [-0.39, 0.29) is 4.90 Å². The van der Waals surface area contributed by atoms with Crippen molar-refractivity contribution >= 4 is 39.1 Å². The Labute approximate surface area is 180 Å². The van der Waals surface area contributed by atoms with Crippen LogP contribution >= 0.6 is 11.6 Å². The molecule has 0 aliphatic carbocycles. The molecule has 1 saturated heterocycles. The Morgan fingerprint density at radius 2 is 1.70 bits per heavy atom. The van der Waals surface area contributed by atoms with E-state index in [4.69, 9.17) is 11.6 Å². The van der Waals surface area contributed by atoms with E-state index in [2.05, 4.69) is 20.5 Å². The number of nitrogens with zero attached hydrogens (tertiary/aromatic N) is 5. The summed E-state index contributed by atoms with van der Waals surface area (Å²) < 4.78 is 27.1. The van der Waals surface area contributed by atoms with Crippen LogP contribution in [-0.4, -0.2) is 54.1 Å². The van der Waals surface area contributed by atoms with Crippen molar-refractivity contribution in [1.29, 1.82) is 0 Å². The molecule has 0 amide bonds. The van der Waals surface area contributed by atoms with E-state index in [1.165, 1.54) is 10.4 Å². The first-order valence-electron chi connectivity index (χ1n) is 9.47. The molecule has 1 aliphatic heterocycles. The Kier molecular flexibility index (Phi) is 5.85. The number of benzene rings is 1. The van der Waals surface area contributed by atoms with E-state index in [9.17, 15) is 8.42 Å². The fraction of sp³-hybridized carbons (Fsp3) is 0.250. The van der Waals surface area contributed by atoms with Crippen molar-refractivity contribution in [2.45, 2.75) is 11.8 Å². The highest BCUT2D eigenvalue weighted by atomic mass is 35.5. The number of aromatic nitrogens is 3. The molecule has 0 atom stereocenters. The maximum absolute atomic E-state index is 12.8. The highest BCUT2D eigenvalue weighted by molar-refractivity contribution is 7.89. The molecule has 2 aromatic heterocycles. The first-order chi connectivity index (χ1) is 14.4. The SMILES string of the molecule is Cc1cccc(Nc2ccc(N3CCN(S(=O)(=O)c4cccc(Cl)c4)CC3)nn2)n1. The van der Waals surface area contributed by atoms with Crippen molar-refractivity contribution in [2.75, 3.05) is 36.4 Å². The molecule has 0 saturated carbocycles. The molecule has 0 spiro atoms. The first-order valence-corrected chi connectivity index (χ1v) is 11.3. The molecule has 10 heteroatoms. The summed E-state index contributed by atoms with van der Waals surface area (Å²) in [6, 6.07) is 15.7. The average Bonchev–Trinajstić information content (AvgIpc) is 2.74. The summed E-state index contributed by atoms with van der Waals surface area (Å²) in [4.78, 5) is 6.61. The van der Waals surface area contributed by atoms with Gasteiger partial charge in [0.2, 0.25) is 10.0 Å². The van der Waals surface area contributed by atoms with E-state index < -0.39 is 10.0 Å². The van der Waals surface area contributed by atoms with Gasteiger partial charge < -0.3 is 10.2 Å². The van der Waals surface area contributed by atoms with Gasteiger partial charge >= 0.3 is 0 Å². The van der Waals surface area contributed by atoms with Gasteiger partial charge in [-0.2, -0.15) is 4.31 Å². The smallest absolute Gasteiger partial charge is 0.243 e. The Hall–Kier alpha value is -2.75. The van der Waals surface area contributed by atoms with E-state index in [1.807, 2.05) is 42.2 Å². The van der Waals surface area contributed by atoms with Crippen molar-refractivity contribution in [3.05, 3.63) is 65.3 Å². The van der Waals surface area contributed by atoms with Crippen LogP contribution in [-0.2, 0) is 10.0 Å². The predicted molar refractivity (Wildman–Crippen MR) is 117 cm³/mol. The van der Waals surface area contributed by atoms with Crippen LogP contribution in [0.2, 0.25) is 5.02 Å². The van der Waals surface area contributed by atoms with Gasteiger partial charge in [0.1, 0.15) is 5.82 Å². The normalized spacial score (nSPS) is 15.2. The van der Waals surface area contributed by atoms with Gasteiger partial charge in [-0.05, 0) is 49.4 Å². The molecule has 4 rings (SSSR count). The van der Waals surface area contributed by atoms with Gasteiger partial charge in [0, 0.05) is 36.9 Å². The minimum Gasteiger partial charge on any atom is -0.352 e. The van der Waals surface area contributed by atoms with Crippen molar-refractivity contribution in [1.82, 2.24) is 19.5 Å². The van der Waals surface area contributed by atoms with Gasteiger partial charge in [-0.1, -0.05) is 23.7 Å². The zero-order valence-corrected chi connectivity index (χ0v) is 17.9. The molecule has 1 aliphatic rings. The molecule has 1 fully saturated rings. The topological polar surface area (TPSA) is 91.3 Å². The van der Waals surface area contributed by atoms with Gasteiger partial charge in [0.25, 0.3) is 0 Å². The highest BCUT2D eigenvalue weighted by Gasteiger charge is 2.29. The summed E-state index contributed by atoms with van der Waals surface area (Å²) >= 11 is 5.95. The van der Waals surface area contributed by atoms with Crippen molar-refractivity contribution in [2.24, 2.45) is 0 Å². The number of hydrogen-bond donors (Lipinski definition) is 1. The Morgan fingerprint density at radius 3 is 2.37 bits per heavy atom. The molecule has 1 N–H and O–H groups in total. The minimum atomic E-state index is -3.57. The third kappa shape index (κ3) is 4.53. The fourth-order valence-electron chi connectivity index (χ4n) is 3.24. The summed E-state index contributed by atoms with van der Waals surface area (Å²) in [5.74, 6) is 2.01. The monoisotopic (exact) mass is 444 g/mol. The summed E-state index contributed by atoms with van der Waals surface area (Å²) in [5, 5.41) is 12.0. The summed E-state index contributed by atoms with van der Waals surface area (Å²) in [6.07, 6.45) is 0. The zero-order chi connectivity index (χ0) is 21.1. The predicted octanol–water partition coefficient (Wildman–Crippen LogP) is 3.09. The number of nitrogens with one attached hydrogen (secondary N) is 1. The van der Waals surface area contributed by atoms with Crippen LogP contribution in [0.25, 0.3) is 0 Å². The molecule has 1 aromatic carbocycles. The largest absolute Gasteiger partial charge is 0.352 e. The molecule has 156 valence electrons. The van der Waals surface area contributed by atoms with Crippen molar-refractivity contribution < 1.29 is 8.42 Å². The second-order valence-electron chi connectivity index (χ2n) is 6.91. The van der Waals surface area contributed by atoms with Crippen LogP contribution in [0.5, 0.6) is 0 Å². The number of anilines is 3. The number of sulfonamides is 1. The first kappa shape index (κ1) is 20.5. The van der Waals surface area contributed by atoms with E-state index in [0.29, 0.717) is 48.7 Å². The van der Waals surface area contributed by atoms with E-state index in [1.54, 1.807) is 18.2 Å². The van der Waals surface area contributed by atoms with Gasteiger partial charge in [0.05, 0.1) is 4.90 Å². The quantitative estimate of drug-likeness (QED) is 0.646. The van der Waals surface area contributed by atoms with E-state index >= 15 is 0 Å². The maximum Gasteiger partial charge on any atom is 0.243 e. The zero-order valence-electron chi connectivity index (χ0n) is 16.4. The lowest BCUT2D eigenvalue weighted by atomic mass is 10.3. The Morgan fingerprint density at radius 1 is 0.933 bits per heavy atom. The molecule has 30 heavy (non-hydrogen) atoms. The minimum absolute atomic E-state index is 0.212. The second-order valence-corrected chi connectivity index (χ2v) is 9.29. The Balaban J connectivity index is 1.39. The van der Waals surface area contributed by atoms with Gasteiger partial charge in [0.15, 0.2) is 11.6 Å². The van der Waals surface area contributed by atoms with Crippen LogP contribution in [0.3, 0.4) is 0 Å². The lowest BCUT2D eigenvalue weighted by Gasteiger charge is -2.34. The number of hydrogen-bond acceptors (Lipinski definition) is 7. The molecule has 0 radical (unpaired) electrons. The molecule has 0 bridgehead atoms. The molecule has 3 heterocycles. The average molecular weight is 445 g/mol. The van der Waals surface area contributed by atoms with Crippen molar-refractivity contribution in [3.8, 4) is 0 Å². The summed E-state index contributed by atoms with van der Waals surface area (Å²) in [7, 11) is -3.57. The highest BCUT2D eigenvalue weighted by Crippen LogP contribution is 2.22. The number of aryl methyl sites for hydroxylation is 1. The number of piperazine rings is 1. The molecule has 3 aromatic rings. The van der Waals surface area contributed by atoms with Crippen LogP contribution in [0.15, 0.2) is 59.5 Å². The molecular formula is C20H21ClN6O2S.